The summed E-state index contributed by atoms with van der Waals surface area (Å²) in [6, 6.07) is 0. The van der Waals surface area contributed by atoms with Gasteiger partial charge in [-0.05, 0) is 31.2 Å². The Balaban J connectivity index is 1.30. The molecule has 4 heteroatoms. The van der Waals surface area contributed by atoms with Gasteiger partial charge in [0.1, 0.15) is 4.34 Å². The van der Waals surface area contributed by atoms with Gasteiger partial charge in [0, 0.05) is 30.4 Å². The van der Waals surface area contributed by atoms with Crippen molar-refractivity contribution in [2.24, 2.45) is 11.8 Å². The number of aromatic nitrogens is 1. The van der Waals surface area contributed by atoms with Gasteiger partial charge in [0.15, 0.2) is 0 Å². The Morgan fingerprint density at radius 3 is 3.07 bits per heavy atom. The third-order valence-electron chi connectivity index (χ3n) is 3.31. The molecule has 3 rings (SSSR count). The van der Waals surface area contributed by atoms with E-state index >= 15 is 0 Å². The molecule has 2 atom stereocenters. The standard InChI is InChI=1S/C11H16N2S2/c1(4-14-11-12-2-5-15-11)3-13-7-9-6-10(9)8-13/h2,5,9-10H,1,3-4,6-8H2. The van der Waals surface area contributed by atoms with Crippen LogP contribution >= 0.6 is 23.1 Å². The number of nitrogens with zero attached hydrogens (tertiary/aromatic N) is 2. The fourth-order valence-electron chi connectivity index (χ4n) is 2.41. The average Bonchev–Trinajstić information content (AvgIpc) is 2.73. The minimum absolute atomic E-state index is 1.08. The molecule has 0 spiro atoms. The van der Waals surface area contributed by atoms with Crippen LogP contribution in [0.5, 0.6) is 0 Å². The van der Waals surface area contributed by atoms with E-state index in [9.17, 15) is 0 Å². The van der Waals surface area contributed by atoms with Crippen molar-refractivity contribution in [3.8, 4) is 0 Å². The predicted octanol–water partition coefficient (Wildman–Crippen LogP) is 2.58. The van der Waals surface area contributed by atoms with Crippen molar-refractivity contribution in [2.75, 3.05) is 25.4 Å². The molecule has 1 aromatic heterocycles. The van der Waals surface area contributed by atoms with Crippen molar-refractivity contribution < 1.29 is 0 Å². The summed E-state index contributed by atoms with van der Waals surface area (Å²) in [6.45, 7) is 4.06. The van der Waals surface area contributed by atoms with Crippen molar-refractivity contribution in [2.45, 2.75) is 17.2 Å². The fraction of sp³-hybridized carbons (Fsp3) is 0.727. The Kier molecular flexibility index (Phi) is 2.99. The molecule has 1 aliphatic carbocycles. The maximum atomic E-state index is 4.27. The molecule has 1 saturated heterocycles. The van der Waals surface area contributed by atoms with E-state index < -0.39 is 0 Å². The van der Waals surface area contributed by atoms with Gasteiger partial charge >= 0.3 is 0 Å². The van der Waals surface area contributed by atoms with Crippen LogP contribution in [0.25, 0.3) is 0 Å². The summed E-state index contributed by atoms with van der Waals surface area (Å²) in [5.74, 6) is 3.38. The molecule has 0 amide bonds. The van der Waals surface area contributed by atoms with Gasteiger partial charge in [0.25, 0.3) is 0 Å². The summed E-state index contributed by atoms with van der Waals surface area (Å²) < 4.78 is 1.22. The molecular formula is C11H16N2S2. The topological polar surface area (TPSA) is 16.1 Å². The van der Waals surface area contributed by atoms with Crippen LogP contribution in [0, 0.1) is 11.8 Å². The Labute approximate surface area is 99.1 Å². The highest BCUT2D eigenvalue weighted by Gasteiger charge is 2.44. The molecule has 0 N–H and O–H groups in total. The van der Waals surface area contributed by atoms with Crippen molar-refractivity contribution in [3.63, 3.8) is 0 Å². The van der Waals surface area contributed by atoms with Crippen LogP contribution in [0.1, 0.15) is 12.8 Å². The molecule has 0 aromatic carbocycles. The molecule has 1 saturated carbocycles. The van der Waals surface area contributed by atoms with Crippen LogP contribution in [0.15, 0.2) is 15.9 Å². The first kappa shape index (κ1) is 10.1. The number of piperidine rings is 1. The highest BCUT2D eigenvalue weighted by Crippen LogP contribution is 2.44. The molecule has 2 nitrogen and oxygen atoms in total. The van der Waals surface area contributed by atoms with Gasteiger partial charge in [0.2, 0.25) is 0 Å². The quantitative estimate of drug-likeness (QED) is 0.581. The van der Waals surface area contributed by atoms with Gasteiger partial charge in [-0.15, -0.1) is 11.3 Å². The summed E-state index contributed by atoms with van der Waals surface area (Å²) in [5.41, 5.74) is 0. The van der Waals surface area contributed by atoms with Crippen LogP contribution in [0.2, 0.25) is 0 Å². The van der Waals surface area contributed by atoms with Gasteiger partial charge < -0.3 is 4.90 Å². The summed E-state index contributed by atoms with van der Waals surface area (Å²) in [7, 11) is 0. The minimum atomic E-state index is 1.08. The zero-order valence-corrected chi connectivity index (χ0v) is 10.4. The Morgan fingerprint density at radius 1 is 1.47 bits per heavy atom. The molecule has 0 radical (unpaired) electrons. The SMILES string of the molecule is c1csc(SCCCN2CC3CC3C2)n1. The van der Waals surface area contributed by atoms with Gasteiger partial charge in [-0.3, -0.25) is 0 Å². The zero-order valence-electron chi connectivity index (χ0n) is 8.76. The lowest BCUT2D eigenvalue weighted by atomic mass is 10.4. The zero-order chi connectivity index (χ0) is 10.1. The normalized spacial score (nSPS) is 29.3. The monoisotopic (exact) mass is 240 g/mol. The summed E-state index contributed by atoms with van der Waals surface area (Å²) in [5, 5.41) is 2.05. The summed E-state index contributed by atoms with van der Waals surface area (Å²) in [6.07, 6.45) is 4.72. The molecule has 2 heterocycles. The van der Waals surface area contributed by atoms with Gasteiger partial charge in [0.05, 0.1) is 0 Å². The first-order valence-corrected chi connectivity index (χ1v) is 7.53. The van der Waals surface area contributed by atoms with Crippen molar-refractivity contribution in [1.82, 2.24) is 9.88 Å². The Hall–Kier alpha value is -0.0600. The van der Waals surface area contributed by atoms with Crippen LogP contribution in [-0.2, 0) is 0 Å². The molecule has 1 aliphatic heterocycles. The van der Waals surface area contributed by atoms with Crippen molar-refractivity contribution in [1.29, 1.82) is 0 Å². The predicted molar refractivity (Wildman–Crippen MR) is 65.5 cm³/mol. The largest absolute Gasteiger partial charge is 0.303 e. The second-order valence-corrected chi connectivity index (χ2v) is 6.75. The Morgan fingerprint density at radius 2 is 2.33 bits per heavy atom. The number of hydrogen-bond acceptors (Lipinski definition) is 4. The van der Waals surface area contributed by atoms with E-state index in [1.807, 2.05) is 18.0 Å². The number of fused-ring (bicyclic) bond motifs is 1. The maximum Gasteiger partial charge on any atom is 0.149 e. The lowest BCUT2D eigenvalue weighted by Gasteiger charge is -2.16. The second-order valence-electron chi connectivity index (χ2n) is 4.52. The molecule has 2 unspecified atom stereocenters. The molecule has 82 valence electrons. The van der Waals surface area contributed by atoms with E-state index in [-0.39, 0.29) is 0 Å². The first-order chi connectivity index (χ1) is 7.42. The molecular weight excluding hydrogens is 224 g/mol. The van der Waals surface area contributed by atoms with Crippen molar-refractivity contribution >= 4 is 23.1 Å². The number of likely N-dealkylation sites (tertiary alicyclic amines) is 1. The molecule has 1 aromatic rings. The lowest BCUT2D eigenvalue weighted by molar-refractivity contribution is 0.306. The molecule has 2 fully saturated rings. The van der Waals surface area contributed by atoms with E-state index in [0.29, 0.717) is 0 Å². The third kappa shape index (κ3) is 2.55. The summed E-state index contributed by atoms with van der Waals surface area (Å²) in [4.78, 5) is 6.91. The third-order valence-corrected chi connectivity index (χ3v) is 5.36. The highest BCUT2D eigenvalue weighted by molar-refractivity contribution is 8.00. The molecule has 2 aliphatic rings. The van der Waals surface area contributed by atoms with E-state index in [1.54, 1.807) is 11.3 Å². The average molecular weight is 240 g/mol. The van der Waals surface area contributed by atoms with E-state index in [4.69, 9.17) is 0 Å². The van der Waals surface area contributed by atoms with Crippen LogP contribution in [-0.4, -0.2) is 35.3 Å². The van der Waals surface area contributed by atoms with E-state index in [0.717, 1.165) is 11.8 Å². The van der Waals surface area contributed by atoms with Crippen LogP contribution in [0.3, 0.4) is 0 Å². The Bertz CT molecular complexity index is 302. The molecule has 15 heavy (non-hydrogen) atoms. The van der Waals surface area contributed by atoms with E-state index in [2.05, 4.69) is 15.3 Å². The second kappa shape index (κ2) is 4.44. The van der Waals surface area contributed by atoms with Crippen LogP contribution in [0.4, 0.5) is 0 Å². The fourth-order valence-corrected chi connectivity index (χ4v) is 4.04. The maximum absolute atomic E-state index is 4.27. The number of rotatable bonds is 5. The minimum Gasteiger partial charge on any atom is -0.303 e. The van der Waals surface area contributed by atoms with E-state index in [1.165, 1.54) is 42.6 Å². The number of thiazole rings is 1. The lowest BCUT2D eigenvalue weighted by Crippen LogP contribution is -2.24. The summed E-state index contributed by atoms with van der Waals surface area (Å²) >= 11 is 3.65. The van der Waals surface area contributed by atoms with Gasteiger partial charge in [-0.25, -0.2) is 4.98 Å². The van der Waals surface area contributed by atoms with Crippen LogP contribution < -0.4 is 0 Å². The highest BCUT2D eigenvalue weighted by atomic mass is 32.2. The van der Waals surface area contributed by atoms with Crippen molar-refractivity contribution in [3.05, 3.63) is 11.6 Å². The number of hydrogen-bond donors (Lipinski definition) is 0. The van der Waals surface area contributed by atoms with Gasteiger partial charge in [-0.2, -0.15) is 0 Å². The van der Waals surface area contributed by atoms with Gasteiger partial charge in [-0.1, -0.05) is 11.8 Å². The molecule has 0 bridgehead atoms. The smallest absolute Gasteiger partial charge is 0.149 e. The number of thioether (sulfide) groups is 1. The first-order valence-electron chi connectivity index (χ1n) is 5.66.